The lowest BCUT2D eigenvalue weighted by Crippen LogP contribution is -2.30. The fourth-order valence-corrected chi connectivity index (χ4v) is 2.44. The summed E-state index contributed by atoms with van der Waals surface area (Å²) in [5.41, 5.74) is 0.986. The van der Waals surface area contributed by atoms with E-state index in [4.69, 9.17) is 0 Å². The Morgan fingerprint density at radius 1 is 1.50 bits per heavy atom. The molecule has 0 bridgehead atoms. The quantitative estimate of drug-likeness (QED) is 0.857. The fraction of sp³-hybridized carbons (Fsp3) is 0.500. The number of nitrogens with one attached hydrogen (secondary N) is 1. The molecule has 1 atom stereocenters. The first kappa shape index (κ1) is 14.0. The van der Waals surface area contributed by atoms with E-state index < -0.39 is 0 Å². The minimum atomic E-state index is -0.197. The molecule has 0 saturated carbocycles. The molecule has 4 heteroatoms. The third-order valence-corrected chi connectivity index (χ3v) is 3.82. The van der Waals surface area contributed by atoms with Crippen molar-refractivity contribution in [1.82, 2.24) is 5.32 Å². The van der Waals surface area contributed by atoms with Crippen molar-refractivity contribution in [3.05, 3.63) is 34.1 Å². The van der Waals surface area contributed by atoms with E-state index in [1.165, 1.54) is 0 Å². The van der Waals surface area contributed by atoms with E-state index in [0.717, 1.165) is 24.3 Å². The number of benzene rings is 1. The Hall–Kier alpha value is -0.0600. The molecule has 0 aliphatic carbocycles. The summed E-state index contributed by atoms with van der Waals surface area (Å²) in [6, 6.07) is 5.76. The highest BCUT2D eigenvalue weighted by molar-refractivity contribution is 9.10. The van der Waals surface area contributed by atoms with Gasteiger partial charge in [-0.25, -0.2) is 4.39 Å². The average molecular weight is 306 g/mol. The van der Waals surface area contributed by atoms with Crippen LogP contribution in [0.15, 0.2) is 22.7 Å². The zero-order valence-electron chi connectivity index (χ0n) is 9.59. The molecular formula is C12H17BrFNS. The van der Waals surface area contributed by atoms with Crippen LogP contribution < -0.4 is 5.32 Å². The Morgan fingerprint density at radius 2 is 2.25 bits per heavy atom. The number of thioether (sulfide) groups is 1. The van der Waals surface area contributed by atoms with Crippen molar-refractivity contribution < 1.29 is 4.39 Å². The average Bonchev–Trinajstić information content (AvgIpc) is 2.28. The largest absolute Gasteiger partial charge is 0.309 e. The maximum atomic E-state index is 13.3. The molecule has 1 nitrogen and oxygen atoms in total. The highest BCUT2D eigenvalue weighted by Crippen LogP contribution is 2.16. The first-order valence-electron chi connectivity index (χ1n) is 5.33. The molecular weight excluding hydrogens is 289 g/mol. The number of hydrogen-bond donors (Lipinski definition) is 1. The third-order valence-electron chi connectivity index (χ3n) is 2.44. The Balaban J connectivity index is 2.50. The lowest BCUT2D eigenvalue weighted by atomic mass is 10.2. The van der Waals surface area contributed by atoms with E-state index in [0.29, 0.717) is 10.5 Å². The topological polar surface area (TPSA) is 12.0 Å². The van der Waals surface area contributed by atoms with Gasteiger partial charge in [-0.2, -0.15) is 11.8 Å². The predicted molar refractivity (Wildman–Crippen MR) is 73.4 cm³/mol. The second-order valence-corrected chi connectivity index (χ2v) is 5.45. The normalized spacial score (nSPS) is 12.8. The molecule has 0 fully saturated rings. The molecule has 1 unspecified atom stereocenters. The standard InChI is InChI=1S/C12H17BrFNS/c1-3-10(8-16-2)15-7-9-4-5-11(13)12(14)6-9/h4-6,10,15H,3,7-8H2,1-2H3. The lowest BCUT2D eigenvalue weighted by molar-refractivity contribution is 0.538. The summed E-state index contributed by atoms with van der Waals surface area (Å²) in [5.74, 6) is 0.896. The molecule has 0 heterocycles. The predicted octanol–water partition coefficient (Wildman–Crippen LogP) is 3.82. The summed E-state index contributed by atoms with van der Waals surface area (Å²) in [7, 11) is 0. The molecule has 0 amide bonds. The van der Waals surface area contributed by atoms with Crippen molar-refractivity contribution in [2.24, 2.45) is 0 Å². The first-order chi connectivity index (χ1) is 7.67. The zero-order chi connectivity index (χ0) is 12.0. The van der Waals surface area contributed by atoms with Gasteiger partial charge in [-0.05, 0) is 46.3 Å². The van der Waals surface area contributed by atoms with Crippen LogP contribution in [0, 0.1) is 5.82 Å². The van der Waals surface area contributed by atoms with Crippen LogP contribution in [0.2, 0.25) is 0 Å². The van der Waals surface area contributed by atoms with Gasteiger partial charge in [0.05, 0.1) is 4.47 Å². The van der Waals surface area contributed by atoms with E-state index in [2.05, 4.69) is 34.4 Å². The van der Waals surface area contributed by atoms with Crippen LogP contribution in [0.5, 0.6) is 0 Å². The van der Waals surface area contributed by atoms with E-state index in [1.54, 1.807) is 12.1 Å². The van der Waals surface area contributed by atoms with Crippen LogP contribution in [0.25, 0.3) is 0 Å². The maximum Gasteiger partial charge on any atom is 0.137 e. The van der Waals surface area contributed by atoms with Gasteiger partial charge < -0.3 is 5.32 Å². The molecule has 0 aromatic heterocycles. The summed E-state index contributed by atoms with van der Waals surface area (Å²) < 4.78 is 13.8. The van der Waals surface area contributed by atoms with Crippen LogP contribution in [-0.4, -0.2) is 18.1 Å². The van der Waals surface area contributed by atoms with E-state index >= 15 is 0 Å². The van der Waals surface area contributed by atoms with Crippen LogP contribution >= 0.6 is 27.7 Å². The van der Waals surface area contributed by atoms with Gasteiger partial charge in [0.1, 0.15) is 5.82 Å². The van der Waals surface area contributed by atoms with E-state index in [1.807, 2.05) is 17.8 Å². The van der Waals surface area contributed by atoms with E-state index in [-0.39, 0.29) is 5.82 Å². The van der Waals surface area contributed by atoms with Crippen molar-refractivity contribution in [3.63, 3.8) is 0 Å². The Kier molecular flexibility index (Phi) is 6.39. The number of hydrogen-bond acceptors (Lipinski definition) is 2. The van der Waals surface area contributed by atoms with Gasteiger partial charge in [0.15, 0.2) is 0 Å². The molecule has 16 heavy (non-hydrogen) atoms. The molecule has 0 aliphatic rings. The molecule has 0 saturated heterocycles. The van der Waals surface area contributed by atoms with Gasteiger partial charge in [0, 0.05) is 18.3 Å². The van der Waals surface area contributed by atoms with Crippen molar-refractivity contribution in [2.45, 2.75) is 25.9 Å². The number of rotatable bonds is 6. The molecule has 0 radical (unpaired) electrons. The summed E-state index contributed by atoms with van der Waals surface area (Å²) in [5, 5.41) is 3.43. The van der Waals surface area contributed by atoms with Crippen LogP contribution in [0.3, 0.4) is 0 Å². The van der Waals surface area contributed by atoms with Crippen molar-refractivity contribution >= 4 is 27.7 Å². The van der Waals surface area contributed by atoms with E-state index in [9.17, 15) is 4.39 Å². The maximum absolute atomic E-state index is 13.3. The Bertz CT molecular complexity index is 333. The lowest BCUT2D eigenvalue weighted by Gasteiger charge is -2.15. The summed E-state index contributed by atoms with van der Waals surface area (Å²) in [6.07, 6.45) is 3.20. The highest BCUT2D eigenvalue weighted by Gasteiger charge is 2.05. The Morgan fingerprint density at radius 3 is 2.81 bits per heavy atom. The third kappa shape index (κ3) is 4.44. The van der Waals surface area contributed by atoms with Gasteiger partial charge in [-0.3, -0.25) is 0 Å². The molecule has 1 rings (SSSR count). The SMILES string of the molecule is CCC(CSC)NCc1ccc(Br)c(F)c1. The first-order valence-corrected chi connectivity index (χ1v) is 7.52. The van der Waals surface area contributed by atoms with Gasteiger partial charge in [-0.1, -0.05) is 13.0 Å². The van der Waals surface area contributed by atoms with Crippen LogP contribution in [-0.2, 0) is 6.54 Å². The van der Waals surface area contributed by atoms with Crippen molar-refractivity contribution in [2.75, 3.05) is 12.0 Å². The second kappa shape index (κ2) is 7.30. The van der Waals surface area contributed by atoms with Gasteiger partial charge in [0.2, 0.25) is 0 Å². The van der Waals surface area contributed by atoms with Crippen LogP contribution in [0.4, 0.5) is 4.39 Å². The molecule has 1 aromatic carbocycles. The van der Waals surface area contributed by atoms with Gasteiger partial charge in [0.25, 0.3) is 0 Å². The fourth-order valence-electron chi connectivity index (χ4n) is 1.43. The van der Waals surface area contributed by atoms with Crippen molar-refractivity contribution in [1.29, 1.82) is 0 Å². The molecule has 1 N–H and O–H groups in total. The van der Waals surface area contributed by atoms with Gasteiger partial charge >= 0.3 is 0 Å². The smallest absolute Gasteiger partial charge is 0.137 e. The number of halogens is 2. The molecule has 0 spiro atoms. The molecule has 90 valence electrons. The van der Waals surface area contributed by atoms with Crippen LogP contribution in [0.1, 0.15) is 18.9 Å². The summed E-state index contributed by atoms with van der Waals surface area (Å²) in [6.45, 7) is 2.89. The van der Waals surface area contributed by atoms with Crippen molar-refractivity contribution in [3.8, 4) is 0 Å². The highest BCUT2D eigenvalue weighted by atomic mass is 79.9. The summed E-state index contributed by atoms with van der Waals surface area (Å²) in [4.78, 5) is 0. The monoisotopic (exact) mass is 305 g/mol. The zero-order valence-corrected chi connectivity index (χ0v) is 12.0. The minimum Gasteiger partial charge on any atom is -0.309 e. The Labute approximate surface area is 109 Å². The minimum absolute atomic E-state index is 0.197. The second-order valence-electron chi connectivity index (χ2n) is 3.69. The molecule has 1 aromatic rings. The molecule has 0 aliphatic heterocycles. The van der Waals surface area contributed by atoms with Gasteiger partial charge in [-0.15, -0.1) is 0 Å². The summed E-state index contributed by atoms with van der Waals surface area (Å²) >= 11 is 4.98.